The first-order chi connectivity index (χ1) is 13.1. The van der Waals surface area contributed by atoms with Crippen molar-refractivity contribution in [3.8, 4) is 0 Å². The molecule has 1 saturated heterocycles. The summed E-state index contributed by atoms with van der Waals surface area (Å²) < 4.78 is 0. The molecule has 6 heteroatoms. The van der Waals surface area contributed by atoms with Gasteiger partial charge in [-0.2, -0.15) is 5.10 Å². The zero-order valence-corrected chi connectivity index (χ0v) is 15.6. The third kappa shape index (κ3) is 3.56. The third-order valence-electron chi connectivity index (χ3n) is 5.48. The van der Waals surface area contributed by atoms with Gasteiger partial charge in [0.2, 0.25) is 0 Å². The molecule has 0 bridgehead atoms. The lowest BCUT2D eigenvalue weighted by Gasteiger charge is -2.35. The molecule has 1 aromatic heterocycles. The van der Waals surface area contributed by atoms with Gasteiger partial charge >= 0.3 is 0 Å². The Labute approximate surface area is 159 Å². The fourth-order valence-electron chi connectivity index (χ4n) is 3.92. The number of rotatable bonds is 3. The molecule has 4 rings (SSSR count). The van der Waals surface area contributed by atoms with E-state index in [0.717, 1.165) is 37.4 Å². The molecule has 2 aromatic rings. The molecular formula is C21H24N4O2. The van der Waals surface area contributed by atoms with E-state index in [9.17, 15) is 9.59 Å². The number of Topliss-reactive ketones (excluding diaryl/α,β-unsaturated/α-hetero) is 1. The molecule has 2 aliphatic rings. The van der Waals surface area contributed by atoms with Gasteiger partial charge in [-0.1, -0.05) is 18.2 Å². The fourth-order valence-corrected chi connectivity index (χ4v) is 3.92. The number of aromatic nitrogens is 2. The second-order valence-electron chi connectivity index (χ2n) is 7.26. The maximum absolute atomic E-state index is 12.9. The number of carbonyl (C=O) groups excluding carboxylic acids is 2. The molecule has 0 spiro atoms. The molecule has 1 amide bonds. The van der Waals surface area contributed by atoms with Gasteiger partial charge in [0, 0.05) is 31.7 Å². The number of amides is 1. The first kappa shape index (κ1) is 17.6. The molecule has 0 N–H and O–H groups in total. The normalized spacial score (nSPS) is 16.8. The van der Waals surface area contributed by atoms with Crippen LogP contribution in [0.3, 0.4) is 0 Å². The lowest BCUT2D eigenvalue weighted by Crippen LogP contribution is -2.49. The van der Waals surface area contributed by atoms with Crippen molar-refractivity contribution in [1.29, 1.82) is 0 Å². The van der Waals surface area contributed by atoms with Crippen LogP contribution in [0.25, 0.3) is 0 Å². The van der Waals surface area contributed by atoms with E-state index >= 15 is 0 Å². The predicted molar refractivity (Wildman–Crippen MR) is 103 cm³/mol. The smallest absolute Gasteiger partial charge is 0.254 e. The summed E-state index contributed by atoms with van der Waals surface area (Å²) in [4.78, 5) is 28.7. The average molecular weight is 364 g/mol. The molecule has 0 atom stereocenters. The maximum atomic E-state index is 12.9. The number of carbonyl (C=O) groups is 2. The monoisotopic (exact) mass is 364 g/mol. The van der Waals surface area contributed by atoms with Crippen molar-refractivity contribution in [2.75, 3.05) is 31.1 Å². The van der Waals surface area contributed by atoms with Crippen molar-refractivity contribution >= 4 is 17.5 Å². The number of benzene rings is 1. The Hall–Kier alpha value is -2.76. The predicted octanol–water partition coefficient (Wildman–Crippen LogP) is 2.52. The molecule has 6 nitrogen and oxygen atoms in total. The van der Waals surface area contributed by atoms with Gasteiger partial charge in [-0.05, 0) is 50.3 Å². The van der Waals surface area contributed by atoms with E-state index < -0.39 is 0 Å². The number of aryl methyl sites for hydroxylation is 2. The third-order valence-corrected chi connectivity index (χ3v) is 5.48. The summed E-state index contributed by atoms with van der Waals surface area (Å²) in [5.74, 6) is 0.755. The summed E-state index contributed by atoms with van der Waals surface area (Å²) in [5, 5.41) is 8.83. The molecule has 1 aliphatic heterocycles. The number of ketones is 1. The minimum absolute atomic E-state index is 0.0722. The number of hydrogen-bond acceptors (Lipinski definition) is 5. The summed E-state index contributed by atoms with van der Waals surface area (Å²) in [6.07, 6.45) is 4.53. The van der Waals surface area contributed by atoms with Gasteiger partial charge in [-0.25, -0.2) is 0 Å². The molecule has 1 aliphatic carbocycles. The van der Waals surface area contributed by atoms with Crippen LogP contribution in [0.15, 0.2) is 30.3 Å². The van der Waals surface area contributed by atoms with Gasteiger partial charge in [0.15, 0.2) is 11.6 Å². The van der Waals surface area contributed by atoms with Crippen molar-refractivity contribution in [2.45, 2.75) is 32.6 Å². The zero-order valence-electron chi connectivity index (χ0n) is 15.6. The molecule has 1 fully saturated rings. The van der Waals surface area contributed by atoms with Crippen LogP contribution in [0.4, 0.5) is 5.82 Å². The number of fused-ring (bicyclic) bond motifs is 1. The van der Waals surface area contributed by atoms with Crippen molar-refractivity contribution in [1.82, 2.24) is 15.1 Å². The maximum Gasteiger partial charge on any atom is 0.254 e. The topological polar surface area (TPSA) is 66.4 Å². The second kappa shape index (κ2) is 7.47. The van der Waals surface area contributed by atoms with E-state index in [-0.39, 0.29) is 11.7 Å². The van der Waals surface area contributed by atoms with Crippen molar-refractivity contribution in [2.24, 2.45) is 0 Å². The summed E-state index contributed by atoms with van der Waals surface area (Å²) >= 11 is 0. The Kier molecular flexibility index (Phi) is 4.88. The molecule has 2 heterocycles. The quantitative estimate of drug-likeness (QED) is 0.783. The van der Waals surface area contributed by atoms with Gasteiger partial charge in [-0.15, -0.1) is 5.10 Å². The van der Waals surface area contributed by atoms with Gasteiger partial charge in [0.1, 0.15) is 0 Å². The standard InChI is InChI=1S/C21H24N4O2/c1-15(26)17-7-3-4-8-18(17)21(27)25-12-10-24(11-13-25)20-14-16-6-2-5-9-19(16)22-23-20/h3-4,7-8,14H,2,5-6,9-13H2,1H3. The van der Waals surface area contributed by atoms with Crippen LogP contribution in [-0.2, 0) is 12.8 Å². The SMILES string of the molecule is CC(=O)c1ccccc1C(=O)N1CCN(c2cc3c(nn2)CCCC3)CC1. The van der Waals surface area contributed by atoms with Crippen LogP contribution in [0.5, 0.6) is 0 Å². The van der Waals surface area contributed by atoms with Gasteiger partial charge in [0.25, 0.3) is 5.91 Å². The van der Waals surface area contributed by atoms with E-state index in [0.29, 0.717) is 24.2 Å². The summed E-state index contributed by atoms with van der Waals surface area (Å²) in [6.45, 7) is 4.18. The van der Waals surface area contributed by atoms with Crippen LogP contribution in [0, 0.1) is 0 Å². The molecule has 0 unspecified atom stereocenters. The van der Waals surface area contributed by atoms with E-state index in [2.05, 4.69) is 21.2 Å². The fraction of sp³-hybridized carbons (Fsp3) is 0.429. The Balaban J connectivity index is 1.45. The van der Waals surface area contributed by atoms with E-state index in [4.69, 9.17) is 0 Å². The Morgan fingerprint density at radius 2 is 1.63 bits per heavy atom. The lowest BCUT2D eigenvalue weighted by molar-refractivity contribution is 0.0742. The molecule has 1 aromatic carbocycles. The van der Waals surface area contributed by atoms with Gasteiger partial charge in [0.05, 0.1) is 11.3 Å². The highest BCUT2D eigenvalue weighted by Crippen LogP contribution is 2.23. The average Bonchev–Trinajstić information content (AvgIpc) is 2.73. The molecule has 140 valence electrons. The van der Waals surface area contributed by atoms with Crippen LogP contribution in [0.1, 0.15) is 51.7 Å². The molecule has 27 heavy (non-hydrogen) atoms. The van der Waals surface area contributed by atoms with Gasteiger partial charge in [-0.3, -0.25) is 9.59 Å². The second-order valence-corrected chi connectivity index (χ2v) is 7.26. The number of nitrogens with zero attached hydrogens (tertiary/aromatic N) is 4. The largest absolute Gasteiger partial charge is 0.352 e. The number of anilines is 1. The molecule has 0 saturated carbocycles. The minimum Gasteiger partial charge on any atom is -0.352 e. The van der Waals surface area contributed by atoms with Crippen LogP contribution in [-0.4, -0.2) is 53.0 Å². The van der Waals surface area contributed by atoms with Crippen molar-refractivity contribution in [3.05, 3.63) is 52.7 Å². The minimum atomic E-state index is -0.0816. The highest BCUT2D eigenvalue weighted by molar-refractivity contribution is 6.07. The molecule has 0 radical (unpaired) electrons. The highest BCUT2D eigenvalue weighted by atomic mass is 16.2. The summed E-state index contributed by atoms with van der Waals surface area (Å²) in [6, 6.07) is 9.22. The van der Waals surface area contributed by atoms with Crippen LogP contribution in [0.2, 0.25) is 0 Å². The van der Waals surface area contributed by atoms with Crippen LogP contribution >= 0.6 is 0 Å². The Bertz CT molecular complexity index is 872. The number of hydrogen-bond donors (Lipinski definition) is 0. The van der Waals surface area contributed by atoms with E-state index in [1.165, 1.54) is 25.3 Å². The first-order valence-electron chi connectivity index (χ1n) is 9.63. The summed E-state index contributed by atoms with van der Waals surface area (Å²) in [5.41, 5.74) is 3.44. The lowest BCUT2D eigenvalue weighted by atomic mass is 9.97. The van der Waals surface area contributed by atoms with Crippen molar-refractivity contribution < 1.29 is 9.59 Å². The Morgan fingerprint density at radius 3 is 2.37 bits per heavy atom. The highest BCUT2D eigenvalue weighted by Gasteiger charge is 2.25. The van der Waals surface area contributed by atoms with Crippen LogP contribution < -0.4 is 4.90 Å². The van der Waals surface area contributed by atoms with E-state index in [1.54, 1.807) is 24.3 Å². The van der Waals surface area contributed by atoms with Crippen molar-refractivity contribution in [3.63, 3.8) is 0 Å². The Morgan fingerprint density at radius 1 is 0.926 bits per heavy atom. The van der Waals surface area contributed by atoms with E-state index in [1.807, 2.05) is 4.90 Å². The zero-order chi connectivity index (χ0) is 18.8. The molecular weight excluding hydrogens is 340 g/mol. The summed E-state index contributed by atoms with van der Waals surface area (Å²) in [7, 11) is 0. The van der Waals surface area contributed by atoms with Gasteiger partial charge < -0.3 is 9.80 Å². The number of piperazine rings is 1. The first-order valence-corrected chi connectivity index (χ1v) is 9.63.